The van der Waals surface area contributed by atoms with Crippen molar-refractivity contribution in [1.82, 2.24) is 0 Å². The number of ether oxygens (including phenoxy) is 2. The number of carbonyl (C=O) groups is 1. The van der Waals surface area contributed by atoms with Crippen LogP contribution in [0.4, 0.5) is 24.5 Å². The van der Waals surface area contributed by atoms with E-state index in [0.29, 0.717) is 28.4 Å². The minimum Gasteiger partial charge on any atom is -0.490 e. The van der Waals surface area contributed by atoms with Crippen molar-refractivity contribution in [3.05, 3.63) is 85.9 Å². The van der Waals surface area contributed by atoms with Crippen LogP contribution in [-0.2, 0) is 11.0 Å². The van der Waals surface area contributed by atoms with Crippen molar-refractivity contribution >= 4 is 52.2 Å². The fourth-order valence-corrected chi connectivity index (χ4v) is 5.22. The summed E-state index contributed by atoms with van der Waals surface area (Å²) in [7, 11) is 0. The van der Waals surface area contributed by atoms with Gasteiger partial charge in [0, 0.05) is 16.8 Å². The topological polar surface area (TPSA) is 81.9 Å². The maximum atomic E-state index is 13.1. The highest BCUT2D eigenvalue weighted by Gasteiger charge is 2.36. The fraction of sp³-hybridized carbons (Fsp3) is 0.208. The molecule has 1 fully saturated rings. The summed E-state index contributed by atoms with van der Waals surface area (Å²) in [5, 5.41) is 11.5. The molecule has 0 spiro atoms. The van der Waals surface area contributed by atoms with Gasteiger partial charge in [0.1, 0.15) is 5.37 Å². The molecular weight excluding hydrogens is 556 g/mol. The van der Waals surface area contributed by atoms with Gasteiger partial charge in [-0.05, 0) is 61.0 Å². The standard InChI is InChI=1S/C24H17Cl2F3N2O5S/c1-2-35-20-10-13(23-30(21(32)12-37-23)16-6-4-15(25)5-7-16)9-17(26)22(20)36-19-8-3-14(24(27,28)29)11-18(19)31(33)34/h3-11,23H,2,12H2,1H3/t23-/m0/s1. The van der Waals surface area contributed by atoms with Gasteiger partial charge in [-0.25, -0.2) is 0 Å². The zero-order valence-corrected chi connectivity index (χ0v) is 21.2. The molecule has 194 valence electrons. The Morgan fingerprint density at radius 1 is 1.11 bits per heavy atom. The number of nitro groups is 1. The molecule has 1 aliphatic heterocycles. The van der Waals surface area contributed by atoms with E-state index >= 15 is 0 Å². The molecule has 37 heavy (non-hydrogen) atoms. The van der Waals surface area contributed by atoms with Gasteiger partial charge in [-0.1, -0.05) is 23.2 Å². The maximum absolute atomic E-state index is 13.1. The zero-order chi connectivity index (χ0) is 26.9. The molecule has 1 saturated heterocycles. The molecule has 0 bridgehead atoms. The Morgan fingerprint density at radius 2 is 1.81 bits per heavy atom. The average molecular weight is 573 g/mol. The minimum absolute atomic E-state index is 0.00819. The van der Waals surface area contributed by atoms with Crippen LogP contribution in [0.5, 0.6) is 17.2 Å². The van der Waals surface area contributed by atoms with Crippen molar-refractivity contribution in [3.8, 4) is 17.2 Å². The van der Waals surface area contributed by atoms with Crippen LogP contribution >= 0.6 is 35.0 Å². The lowest BCUT2D eigenvalue weighted by atomic mass is 10.1. The van der Waals surface area contributed by atoms with E-state index in [9.17, 15) is 28.1 Å². The molecule has 0 unspecified atom stereocenters. The number of nitrogens with zero attached hydrogens (tertiary/aromatic N) is 2. The number of thioether (sulfide) groups is 1. The Hall–Kier alpha value is -3.15. The second-order valence-corrected chi connectivity index (χ2v) is 9.62. The Morgan fingerprint density at radius 3 is 2.43 bits per heavy atom. The number of hydrogen-bond donors (Lipinski definition) is 0. The molecule has 0 aromatic heterocycles. The predicted octanol–water partition coefficient (Wildman–Crippen LogP) is 7.89. The smallest absolute Gasteiger partial charge is 0.416 e. The van der Waals surface area contributed by atoms with E-state index in [1.807, 2.05) is 0 Å². The van der Waals surface area contributed by atoms with Gasteiger partial charge in [-0.2, -0.15) is 13.2 Å². The molecule has 1 atom stereocenters. The first-order chi connectivity index (χ1) is 17.5. The molecule has 0 saturated carbocycles. The second kappa shape index (κ2) is 10.7. The van der Waals surface area contributed by atoms with Gasteiger partial charge in [0.15, 0.2) is 11.5 Å². The third-order valence-electron chi connectivity index (χ3n) is 5.28. The van der Waals surface area contributed by atoms with Crippen molar-refractivity contribution in [3.63, 3.8) is 0 Å². The zero-order valence-electron chi connectivity index (χ0n) is 18.9. The monoisotopic (exact) mass is 572 g/mol. The fourth-order valence-electron chi connectivity index (χ4n) is 3.68. The Labute approximate surface area is 223 Å². The first-order valence-electron chi connectivity index (χ1n) is 10.7. The summed E-state index contributed by atoms with van der Waals surface area (Å²) >= 11 is 13.8. The molecule has 1 aliphatic rings. The molecule has 7 nitrogen and oxygen atoms in total. The SMILES string of the molecule is CCOc1cc([C@@H]2SCC(=O)N2c2ccc(Cl)cc2)cc(Cl)c1Oc1ccc(C(F)(F)F)cc1[N+](=O)[O-]. The van der Waals surface area contributed by atoms with Crippen LogP contribution in [0.15, 0.2) is 54.6 Å². The summed E-state index contributed by atoms with van der Waals surface area (Å²) in [6, 6.07) is 11.8. The van der Waals surface area contributed by atoms with Crippen molar-refractivity contribution < 1.29 is 32.4 Å². The summed E-state index contributed by atoms with van der Waals surface area (Å²) in [6.07, 6.45) is -4.77. The van der Waals surface area contributed by atoms with Gasteiger partial charge in [0.2, 0.25) is 11.7 Å². The molecule has 0 radical (unpaired) electrons. The lowest BCUT2D eigenvalue weighted by Gasteiger charge is -2.25. The molecular formula is C24H17Cl2F3N2O5S. The predicted molar refractivity (Wildman–Crippen MR) is 135 cm³/mol. The summed E-state index contributed by atoms with van der Waals surface area (Å²) < 4.78 is 50.5. The average Bonchev–Trinajstić information content (AvgIpc) is 3.22. The summed E-state index contributed by atoms with van der Waals surface area (Å²) in [5.41, 5.74) is -0.862. The molecule has 3 aromatic rings. The van der Waals surface area contributed by atoms with Gasteiger partial charge in [-0.3, -0.25) is 19.8 Å². The number of carbonyl (C=O) groups excluding carboxylic acids is 1. The molecule has 1 heterocycles. The molecule has 0 N–H and O–H groups in total. The normalized spacial score (nSPS) is 15.7. The number of hydrogen-bond acceptors (Lipinski definition) is 6. The number of rotatable bonds is 7. The molecule has 0 aliphatic carbocycles. The maximum Gasteiger partial charge on any atom is 0.416 e. The van der Waals surface area contributed by atoms with Crippen LogP contribution in [0.3, 0.4) is 0 Å². The van der Waals surface area contributed by atoms with E-state index in [2.05, 4.69) is 0 Å². The van der Waals surface area contributed by atoms with Gasteiger partial charge in [-0.15, -0.1) is 11.8 Å². The van der Waals surface area contributed by atoms with Gasteiger partial charge in [0.05, 0.1) is 27.9 Å². The summed E-state index contributed by atoms with van der Waals surface area (Å²) in [6.45, 7) is 1.86. The minimum atomic E-state index is -4.77. The summed E-state index contributed by atoms with van der Waals surface area (Å²) in [4.78, 5) is 24.8. The van der Waals surface area contributed by atoms with E-state index in [0.717, 1.165) is 6.07 Å². The molecule has 1 amide bonds. The van der Waals surface area contributed by atoms with Crippen LogP contribution in [0, 0.1) is 10.1 Å². The number of benzene rings is 3. The van der Waals surface area contributed by atoms with Gasteiger partial charge >= 0.3 is 11.9 Å². The van der Waals surface area contributed by atoms with Crippen LogP contribution in [0.1, 0.15) is 23.4 Å². The Balaban J connectivity index is 1.74. The molecule has 4 rings (SSSR count). The highest BCUT2D eigenvalue weighted by Crippen LogP contribution is 2.48. The third kappa shape index (κ3) is 5.73. The third-order valence-corrected chi connectivity index (χ3v) is 7.03. The van der Waals surface area contributed by atoms with E-state index in [-0.39, 0.29) is 34.8 Å². The van der Waals surface area contributed by atoms with Crippen LogP contribution < -0.4 is 14.4 Å². The highest BCUT2D eigenvalue weighted by molar-refractivity contribution is 8.00. The molecule has 13 heteroatoms. The Bertz CT molecular complexity index is 1360. The lowest BCUT2D eigenvalue weighted by molar-refractivity contribution is -0.385. The quantitative estimate of drug-likeness (QED) is 0.211. The number of anilines is 1. The van der Waals surface area contributed by atoms with E-state index in [1.54, 1.807) is 42.2 Å². The molecule has 3 aromatic carbocycles. The van der Waals surface area contributed by atoms with Crippen molar-refractivity contribution in [1.29, 1.82) is 0 Å². The number of nitro benzene ring substituents is 1. The lowest BCUT2D eigenvalue weighted by Crippen LogP contribution is -2.27. The van der Waals surface area contributed by atoms with Gasteiger partial charge in [0.25, 0.3) is 0 Å². The number of amides is 1. The van der Waals surface area contributed by atoms with E-state index in [4.69, 9.17) is 32.7 Å². The number of halogens is 5. The van der Waals surface area contributed by atoms with Crippen molar-refractivity contribution in [2.24, 2.45) is 0 Å². The first kappa shape index (κ1) is 26.9. The second-order valence-electron chi connectivity index (χ2n) is 7.71. The first-order valence-corrected chi connectivity index (χ1v) is 12.5. The van der Waals surface area contributed by atoms with Crippen LogP contribution in [0.25, 0.3) is 0 Å². The number of alkyl halides is 3. The highest BCUT2D eigenvalue weighted by atomic mass is 35.5. The van der Waals surface area contributed by atoms with Crippen molar-refractivity contribution in [2.45, 2.75) is 18.5 Å². The van der Waals surface area contributed by atoms with Gasteiger partial charge < -0.3 is 9.47 Å². The van der Waals surface area contributed by atoms with E-state index in [1.165, 1.54) is 17.8 Å². The summed E-state index contributed by atoms with van der Waals surface area (Å²) in [5.74, 6) is -0.364. The van der Waals surface area contributed by atoms with E-state index < -0.39 is 33.5 Å². The van der Waals surface area contributed by atoms with Crippen LogP contribution in [0.2, 0.25) is 10.0 Å². The van der Waals surface area contributed by atoms with Crippen LogP contribution in [-0.4, -0.2) is 23.2 Å². The van der Waals surface area contributed by atoms with Crippen molar-refractivity contribution in [2.75, 3.05) is 17.3 Å². The Kier molecular flexibility index (Phi) is 7.77. The largest absolute Gasteiger partial charge is 0.490 e.